The number of fused-ring (bicyclic) bond motifs is 1. The Bertz CT molecular complexity index is 1080. The molecule has 2 aliphatic rings. The number of anilines is 1. The Morgan fingerprint density at radius 1 is 1.19 bits per heavy atom. The quantitative estimate of drug-likeness (QED) is 0.511. The molecule has 2 atom stereocenters. The van der Waals surface area contributed by atoms with E-state index in [1.165, 1.54) is 6.33 Å². The first-order chi connectivity index (χ1) is 17.3. The lowest BCUT2D eigenvalue weighted by Gasteiger charge is -2.46. The molecule has 37 heavy (non-hydrogen) atoms. The standard InChI is InChI=1S/C26H38F3N5O2S/c1-16(2)21(17-13-34(14-17)24(35)36-25(3,4)5)32-18-7-6-9-33(10-8-18)22-20-11-19(12-26(27,28)29)37-23(20)31-15-30-22/h11,15-18,21,32H,6-10,12-14H2,1-5H3/t18-,21?/m1/s1. The monoisotopic (exact) mass is 541 g/mol. The van der Waals surface area contributed by atoms with Crippen LogP contribution in [0, 0.1) is 11.8 Å². The summed E-state index contributed by atoms with van der Waals surface area (Å²) in [7, 11) is 0. The molecule has 0 aromatic carbocycles. The van der Waals surface area contributed by atoms with E-state index in [1.54, 1.807) is 11.0 Å². The molecule has 2 aliphatic heterocycles. The number of carbonyl (C=O) groups is 1. The van der Waals surface area contributed by atoms with Crippen molar-refractivity contribution in [1.82, 2.24) is 20.2 Å². The number of hydrogen-bond donors (Lipinski definition) is 1. The highest BCUT2D eigenvalue weighted by Gasteiger charge is 2.40. The molecule has 0 spiro atoms. The third kappa shape index (κ3) is 7.25. The fraction of sp³-hybridized carbons (Fsp3) is 0.731. The summed E-state index contributed by atoms with van der Waals surface area (Å²) in [5.74, 6) is 1.53. The number of halogens is 3. The van der Waals surface area contributed by atoms with Gasteiger partial charge in [0.15, 0.2) is 0 Å². The van der Waals surface area contributed by atoms with Crippen molar-refractivity contribution in [3.05, 3.63) is 17.3 Å². The van der Waals surface area contributed by atoms with Crippen molar-refractivity contribution >= 4 is 33.5 Å². The van der Waals surface area contributed by atoms with E-state index in [1.807, 2.05) is 20.8 Å². The largest absolute Gasteiger partial charge is 0.444 e. The maximum absolute atomic E-state index is 12.9. The van der Waals surface area contributed by atoms with Crippen molar-refractivity contribution in [2.45, 2.75) is 84.2 Å². The number of amides is 1. The zero-order valence-electron chi connectivity index (χ0n) is 22.3. The van der Waals surface area contributed by atoms with Crippen LogP contribution in [0.3, 0.4) is 0 Å². The summed E-state index contributed by atoms with van der Waals surface area (Å²) < 4.78 is 44.3. The number of carbonyl (C=O) groups excluding carboxylic acids is 1. The highest BCUT2D eigenvalue weighted by molar-refractivity contribution is 7.18. The number of nitrogens with zero attached hydrogens (tertiary/aromatic N) is 4. The molecule has 4 heterocycles. The number of thiophene rings is 1. The summed E-state index contributed by atoms with van der Waals surface area (Å²) in [6.07, 6.45) is -1.10. The lowest BCUT2D eigenvalue weighted by molar-refractivity contribution is -0.126. The molecule has 2 aromatic heterocycles. The summed E-state index contributed by atoms with van der Waals surface area (Å²) in [4.78, 5) is 25.9. The summed E-state index contributed by atoms with van der Waals surface area (Å²) >= 11 is 1.09. The van der Waals surface area contributed by atoms with Crippen molar-refractivity contribution in [1.29, 1.82) is 0 Å². The molecule has 11 heteroatoms. The van der Waals surface area contributed by atoms with Gasteiger partial charge in [0.2, 0.25) is 0 Å². The lowest BCUT2D eigenvalue weighted by Crippen LogP contribution is -2.60. The first-order valence-corrected chi connectivity index (χ1v) is 13.9. The molecule has 1 unspecified atom stereocenters. The summed E-state index contributed by atoms with van der Waals surface area (Å²) in [5, 5.41) is 4.59. The molecular weight excluding hydrogens is 503 g/mol. The van der Waals surface area contributed by atoms with Crippen LogP contribution in [-0.2, 0) is 11.2 Å². The van der Waals surface area contributed by atoms with Crippen LogP contribution in [0.15, 0.2) is 12.4 Å². The average molecular weight is 542 g/mol. The maximum Gasteiger partial charge on any atom is 0.410 e. The third-order valence-electron chi connectivity index (χ3n) is 6.98. The van der Waals surface area contributed by atoms with Crippen molar-refractivity contribution in [2.75, 3.05) is 31.1 Å². The average Bonchev–Trinajstić information content (AvgIpc) is 2.98. The Hall–Kier alpha value is -2.14. The Kier molecular flexibility index (Phi) is 8.23. The van der Waals surface area contributed by atoms with E-state index in [9.17, 15) is 18.0 Å². The van der Waals surface area contributed by atoms with E-state index in [0.717, 1.165) is 49.5 Å². The molecule has 4 rings (SSSR count). The minimum Gasteiger partial charge on any atom is -0.444 e. The maximum atomic E-state index is 12.9. The molecule has 0 saturated carbocycles. The molecule has 2 fully saturated rings. The number of hydrogen-bond acceptors (Lipinski definition) is 7. The van der Waals surface area contributed by atoms with Crippen LogP contribution in [0.4, 0.5) is 23.8 Å². The fourth-order valence-corrected chi connectivity index (χ4v) is 6.29. The van der Waals surface area contributed by atoms with Gasteiger partial charge in [0, 0.05) is 49.1 Å². The molecule has 2 aromatic rings. The van der Waals surface area contributed by atoms with Crippen molar-refractivity contribution in [3.63, 3.8) is 0 Å². The second-order valence-corrected chi connectivity index (χ2v) is 12.7. The van der Waals surface area contributed by atoms with Crippen LogP contribution in [0.25, 0.3) is 10.2 Å². The molecule has 0 aliphatic carbocycles. The van der Waals surface area contributed by atoms with Crippen molar-refractivity contribution in [2.24, 2.45) is 11.8 Å². The van der Waals surface area contributed by atoms with Gasteiger partial charge >= 0.3 is 12.3 Å². The smallest absolute Gasteiger partial charge is 0.410 e. The minimum absolute atomic E-state index is 0.251. The van der Waals surface area contributed by atoms with E-state index >= 15 is 0 Å². The topological polar surface area (TPSA) is 70.6 Å². The Balaban J connectivity index is 1.36. The first kappa shape index (κ1) is 27.9. The number of nitrogens with one attached hydrogen (secondary N) is 1. The molecule has 0 bridgehead atoms. The van der Waals surface area contributed by atoms with Crippen LogP contribution in [0.2, 0.25) is 0 Å². The number of alkyl halides is 3. The van der Waals surface area contributed by atoms with Crippen LogP contribution in [-0.4, -0.2) is 71.0 Å². The molecular formula is C26H38F3N5O2S. The van der Waals surface area contributed by atoms with Crippen molar-refractivity contribution in [3.8, 4) is 0 Å². The van der Waals surface area contributed by atoms with E-state index in [4.69, 9.17) is 4.74 Å². The Labute approximate surface area is 220 Å². The zero-order valence-corrected chi connectivity index (χ0v) is 23.1. The molecule has 0 radical (unpaired) electrons. The zero-order chi connectivity index (χ0) is 27.0. The van der Waals surface area contributed by atoms with Gasteiger partial charge in [-0.2, -0.15) is 13.2 Å². The lowest BCUT2D eigenvalue weighted by atomic mass is 9.84. The summed E-state index contributed by atoms with van der Waals surface area (Å²) in [6, 6.07) is 2.22. The van der Waals surface area contributed by atoms with Gasteiger partial charge in [-0.05, 0) is 52.0 Å². The Morgan fingerprint density at radius 3 is 2.57 bits per heavy atom. The fourth-order valence-electron chi connectivity index (χ4n) is 5.26. The molecule has 1 N–H and O–H groups in total. The van der Waals surface area contributed by atoms with Crippen LogP contribution < -0.4 is 10.2 Å². The van der Waals surface area contributed by atoms with Gasteiger partial charge in [0.1, 0.15) is 22.6 Å². The second kappa shape index (κ2) is 10.9. The van der Waals surface area contributed by atoms with Crippen LogP contribution >= 0.6 is 11.3 Å². The number of ether oxygens (including phenoxy) is 1. The number of aromatic nitrogens is 2. The SMILES string of the molecule is CC(C)C(N[C@@H]1CCCN(c2ncnc3sc(CC(F)(F)F)cc23)CC1)C1CN(C(=O)OC(C)(C)C)C1. The second-order valence-electron chi connectivity index (χ2n) is 11.6. The highest BCUT2D eigenvalue weighted by atomic mass is 32.1. The van der Waals surface area contributed by atoms with Crippen LogP contribution in [0.1, 0.15) is 58.8 Å². The van der Waals surface area contributed by atoms with Gasteiger partial charge in [0.05, 0.1) is 11.8 Å². The third-order valence-corrected chi connectivity index (χ3v) is 8.02. The predicted octanol–water partition coefficient (Wildman–Crippen LogP) is 5.64. The molecule has 7 nitrogen and oxygen atoms in total. The van der Waals surface area contributed by atoms with E-state index < -0.39 is 18.2 Å². The van der Waals surface area contributed by atoms with Gasteiger partial charge < -0.3 is 19.9 Å². The predicted molar refractivity (Wildman–Crippen MR) is 140 cm³/mol. The summed E-state index contributed by atoms with van der Waals surface area (Å²) in [6.45, 7) is 13.0. The van der Waals surface area contributed by atoms with Crippen LogP contribution in [0.5, 0.6) is 0 Å². The van der Waals surface area contributed by atoms with E-state index in [0.29, 0.717) is 47.2 Å². The molecule has 1 amide bonds. The highest BCUT2D eigenvalue weighted by Crippen LogP contribution is 2.34. The van der Waals surface area contributed by atoms with E-state index in [2.05, 4.69) is 34.0 Å². The first-order valence-electron chi connectivity index (χ1n) is 13.1. The molecule has 206 valence electrons. The van der Waals surface area contributed by atoms with Gasteiger partial charge in [-0.3, -0.25) is 0 Å². The van der Waals surface area contributed by atoms with Gasteiger partial charge in [-0.15, -0.1) is 11.3 Å². The molecule has 2 saturated heterocycles. The van der Waals surface area contributed by atoms with Crippen molar-refractivity contribution < 1.29 is 22.7 Å². The normalized spacial score (nSPS) is 20.7. The minimum atomic E-state index is -4.24. The van der Waals surface area contributed by atoms with E-state index in [-0.39, 0.29) is 11.0 Å². The summed E-state index contributed by atoms with van der Waals surface area (Å²) in [5.41, 5.74) is -0.498. The number of rotatable bonds is 6. The van der Waals surface area contributed by atoms with Gasteiger partial charge in [-0.25, -0.2) is 14.8 Å². The van der Waals surface area contributed by atoms with Gasteiger partial charge in [0.25, 0.3) is 0 Å². The number of likely N-dealkylation sites (tertiary alicyclic amines) is 1. The van der Waals surface area contributed by atoms with Gasteiger partial charge in [-0.1, -0.05) is 13.8 Å². The Morgan fingerprint density at radius 2 is 1.92 bits per heavy atom.